The third kappa shape index (κ3) is 3.55. The Morgan fingerprint density at radius 3 is 1.96 bits per heavy atom. The number of aromatic nitrogens is 3. The molecule has 210 valence electrons. The van der Waals surface area contributed by atoms with Crippen molar-refractivity contribution in [3.8, 4) is 28.3 Å². The summed E-state index contributed by atoms with van der Waals surface area (Å²) in [5, 5.41) is 6.51. The molecule has 10 aromatic rings. The first-order valence-electron chi connectivity index (χ1n) is 15.0. The van der Waals surface area contributed by atoms with Crippen molar-refractivity contribution in [3.63, 3.8) is 0 Å². The Bertz CT molecular complexity index is 2750. The first-order valence-corrected chi connectivity index (χ1v) is 15.0. The van der Waals surface area contributed by atoms with Gasteiger partial charge in [0.15, 0.2) is 5.82 Å². The normalized spacial score (nSPS) is 12.0. The number of benzene rings is 6. The fraction of sp³-hybridized carbons (Fsp3) is 0. The lowest BCUT2D eigenvalue weighted by Gasteiger charge is -2.10. The summed E-state index contributed by atoms with van der Waals surface area (Å²) in [5.74, 6) is 0.639. The summed E-state index contributed by atoms with van der Waals surface area (Å²) in [6, 6.07) is 48.0. The molecule has 0 unspecified atom stereocenters. The van der Waals surface area contributed by atoms with Crippen molar-refractivity contribution in [3.05, 3.63) is 140 Å². The van der Waals surface area contributed by atoms with Crippen molar-refractivity contribution >= 4 is 65.8 Å². The molecule has 4 aromatic heterocycles. The number of fused-ring (bicyclic) bond motifs is 9. The molecule has 0 spiro atoms. The van der Waals surface area contributed by atoms with E-state index in [2.05, 4.69) is 83.4 Å². The summed E-state index contributed by atoms with van der Waals surface area (Å²) < 4.78 is 14.9. The highest BCUT2D eigenvalue weighted by atomic mass is 16.3. The van der Waals surface area contributed by atoms with Gasteiger partial charge in [0.05, 0.1) is 22.1 Å². The van der Waals surface area contributed by atoms with Gasteiger partial charge in [0.25, 0.3) is 0 Å². The maximum absolute atomic E-state index is 6.26. The monoisotopic (exact) mass is 577 g/mol. The molecule has 6 aromatic carbocycles. The molecule has 0 radical (unpaired) electrons. The molecular weight excluding hydrogens is 554 g/mol. The standard InChI is InChI=1S/C40H23N3O2/c1-2-10-25(11-3-1)39-41-38(37-29-14-6-9-17-35(29)45-40(37)42-39)24-18-20-26(21-19-24)43-32-15-7-4-12-27(32)30-23-36-31(22-33(30)43)28-13-5-8-16-34(28)44-36/h1-23H. The third-order valence-corrected chi connectivity index (χ3v) is 8.84. The molecular formula is C40H23N3O2. The highest BCUT2D eigenvalue weighted by molar-refractivity contribution is 6.17. The van der Waals surface area contributed by atoms with Gasteiger partial charge in [0, 0.05) is 43.7 Å². The van der Waals surface area contributed by atoms with Crippen LogP contribution in [0.5, 0.6) is 0 Å². The van der Waals surface area contributed by atoms with E-state index >= 15 is 0 Å². The van der Waals surface area contributed by atoms with E-state index in [0.717, 1.165) is 77.2 Å². The van der Waals surface area contributed by atoms with Crippen LogP contribution in [0, 0.1) is 0 Å². The van der Waals surface area contributed by atoms with Crippen LogP contribution >= 0.6 is 0 Å². The second-order valence-electron chi connectivity index (χ2n) is 11.4. The van der Waals surface area contributed by atoms with Gasteiger partial charge in [-0.1, -0.05) is 97.1 Å². The maximum Gasteiger partial charge on any atom is 0.231 e. The van der Waals surface area contributed by atoms with Crippen LogP contribution in [0.15, 0.2) is 148 Å². The maximum atomic E-state index is 6.26. The number of nitrogens with zero attached hydrogens (tertiary/aromatic N) is 3. The molecule has 0 atom stereocenters. The minimum atomic E-state index is 0.586. The molecule has 0 bridgehead atoms. The van der Waals surface area contributed by atoms with Crippen LogP contribution in [0.1, 0.15) is 0 Å². The van der Waals surface area contributed by atoms with Crippen LogP contribution in [-0.2, 0) is 0 Å². The molecule has 4 heterocycles. The van der Waals surface area contributed by atoms with Crippen molar-refractivity contribution in [2.75, 3.05) is 0 Å². The predicted octanol–water partition coefficient (Wildman–Crippen LogP) is 10.7. The van der Waals surface area contributed by atoms with Gasteiger partial charge in [-0.15, -0.1) is 0 Å². The molecule has 0 fully saturated rings. The Morgan fingerprint density at radius 2 is 1.13 bits per heavy atom. The largest absolute Gasteiger partial charge is 0.456 e. The lowest BCUT2D eigenvalue weighted by Crippen LogP contribution is -1.96. The topological polar surface area (TPSA) is 57.0 Å². The summed E-state index contributed by atoms with van der Waals surface area (Å²) in [6.45, 7) is 0. The van der Waals surface area contributed by atoms with Gasteiger partial charge < -0.3 is 13.4 Å². The molecule has 0 aliphatic heterocycles. The van der Waals surface area contributed by atoms with Gasteiger partial charge in [-0.25, -0.2) is 4.98 Å². The summed E-state index contributed by atoms with van der Waals surface area (Å²) in [7, 11) is 0. The van der Waals surface area contributed by atoms with Crippen molar-refractivity contribution in [1.29, 1.82) is 0 Å². The van der Waals surface area contributed by atoms with Crippen molar-refractivity contribution in [2.45, 2.75) is 0 Å². The van der Waals surface area contributed by atoms with Crippen LogP contribution in [0.4, 0.5) is 0 Å². The Hall–Kier alpha value is -6.20. The van der Waals surface area contributed by atoms with Gasteiger partial charge in [0.2, 0.25) is 5.71 Å². The minimum absolute atomic E-state index is 0.586. The number of furan rings is 2. The number of hydrogen-bond acceptors (Lipinski definition) is 4. The third-order valence-electron chi connectivity index (χ3n) is 8.84. The zero-order valence-corrected chi connectivity index (χ0v) is 23.9. The van der Waals surface area contributed by atoms with Crippen molar-refractivity contribution in [1.82, 2.24) is 14.5 Å². The van der Waals surface area contributed by atoms with E-state index < -0.39 is 0 Å². The molecule has 5 nitrogen and oxygen atoms in total. The van der Waals surface area contributed by atoms with E-state index in [9.17, 15) is 0 Å². The average Bonchev–Trinajstić information content (AvgIpc) is 3.76. The van der Waals surface area contributed by atoms with E-state index in [1.54, 1.807) is 0 Å². The van der Waals surface area contributed by atoms with Crippen molar-refractivity contribution < 1.29 is 8.83 Å². The lowest BCUT2D eigenvalue weighted by atomic mass is 10.0. The molecule has 45 heavy (non-hydrogen) atoms. The minimum Gasteiger partial charge on any atom is -0.456 e. The van der Waals surface area contributed by atoms with E-state index in [1.165, 1.54) is 5.39 Å². The quantitative estimate of drug-likeness (QED) is 0.210. The number of para-hydroxylation sites is 3. The molecule has 0 amide bonds. The van der Waals surface area contributed by atoms with Crippen LogP contribution in [0.25, 0.3) is 94.1 Å². The lowest BCUT2D eigenvalue weighted by molar-refractivity contribution is 0.653. The van der Waals surface area contributed by atoms with E-state index in [-0.39, 0.29) is 0 Å². The fourth-order valence-electron chi connectivity index (χ4n) is 6.78. The van der Waals surface area contributed by atoms with Crippen LogP contribution in [0.2, 0.25) is 0 Å². The Morgan fingerprint density at radius 1 is 0.444 bits per heavy atom. The van der Waals surface area contributed by atoms with Crippen LogP contribution < -0.4 is 0 Å². The van der Waals surface area contributed by atoms with Crippen LogP contribution in [-0.4, -0.2) is 14.5 Å². The zero-order chi connectivity index (χ0) is 29.5. The Balaban J connectivity index is 1.20. The molecule has 5 heteroatoms. The summed E-state index contributed by atoms with van der Waals surface area (Å²) in [5.41, 5.74) is 9.34. The van der Waals surface area contributed by atoms with Gasteiger partial charge >= 0.3 is 0 Å². The smallest absolute Gasteiger partial charge is 0.231 e. The molecule has 0 aliphatic rings. The molecule has 0 saturated heterocycles. The predicted molar refractivity (Wildman–Crippen MR) is 182 cm³/mol. The summed E-state index contributed by atoms with van der Waals surface area (Å²) in [6.07, 6.45) is 0. The second kappa shape index (κ2) is 9.15. The van der Waals surface area contributed by atoms with E-state index in [4.69, 9.17) is 18.8 Å². The summed E-state index contributed by atoms with van der Waals surface area (Å²) in [4.78, 5) is 9.97. The fourth-order valence-corrected chi connectivity index (χ4v) is 6.78. The first kappa shape index (κ1) is 24.3. The van der Waals surface area contributed by atoms with Crippen molar-refractivity contribution in [2.24, 2.45) is 0 Å². The zero-order valence-electron chi connectivity index (χ0n) is 23.9. The SMILES string of the molecule is c1ccc(-c2nc(-c3ccc(-n4c5ccccc5c5cc6oc7ccccc7c6cc54)cc3)c3c(n2)oc2ccccc23)cc1. The molecule has 10 rings (SSSR count). The van der Waals surface area contributed by atoms with Gasteiger partial charge in [-0.2, -0.15) is 4.98 Å². The van der Waals surface area contributed by atoms with Gasteiger partial charge in [-0.05, 0) is 42.5 Å². The molecule has 0 aliphatic carbocycles. The Labute approximate surface area is 256 Å². The average molecular weight is 578 g/mol. The first-order chi connectivity index (χ1) is 22.3. The van der Waals surface area contributed by atoms with Gasteiger partial charge in [-0.3, -0.25) is 0 Å². The van der Waals surface area contributed by atoms with E-state index in [0.29, 0.717) is 11.5 Å². The van der Waals surface area contributed by atoms with Crippen LogP contribution in [0.3, 0.4) is 0 Å². The highest BCUT2D eigenvalue weighted by Gasteiger charge is 2.19. The van der Waals surface area contributed by atoms with E-state index in [1.807, 2.05) is 60.7 Å². The van der Waals surface area contributed by atoms with Gasteiger partial charge in [0.1, 0.15) is 16.7 Å². The number of hydrogen-bond donors (Lipinski definition) is 0. The number of rotatable bonds is 3. The summed E-state index contributed by atoms with van der Waals surface area (Å²) >= 11 is 0. The second-order valence-corrected chi connectivity index (χ2v) is 11.4. The Kier molecular flexibility index (Phi) is 4.93. The molecule has 0 N–H and O–H groups in total. The highest BCUT2D eigenvalue weighted by Crippen LogP contribution is 2.40. The molecule has 0 saturated carbocycles.